The van der Waals surface area contributed by atoms with Crippen molar-refractivity contribution >= 4 is 57.8 Å². The van der Waals surface area contributed by atoms with E-state index in [1.165, 1.54) is 32.8 Å². The van der Waals surface area contributed by atoms with E-state index < -0.39 is 46.9 Å². The molecule has 2 aliphatic heterocycles. The number of alkyl halides is 3. The van der Waals surface area contributed by atoms with Gasteiger partial charge in [0.15, 0.2) is 10.9 Å². The molecule has 7 rings (SSSR count). The first-order valence-corrected chi connectivity index (χ1v) is 22.6. The lowest BCUT2D eigenvalue weighted by molar-refractivity contribution is -0.142. The van der Waals surface area contributed by atoms with Gasteiger partial charge < -0.3 is 29.7 Å². The fraction of sp³-hybridized carbons (Fsp3) is 0.327. The normalized spacial score (nSPS) is 17.0. The summed E-state index contributed by atoms with van der Waals surface area (Å²) < 4.78 is 54.1. The van der Waals surface area contributed by atoms with Gasteiger partial charge in [-0.05, 0) is 116 Å². The number of nitrogens with zero attached hydrogens (tertiary/aromatic N) is 7. The van der Waals surface area contributed by atoms with E-state index in [0.29, 0.717) is 17.2 Å². The third kappa shape index (κ3) is 10.5. The zero-order chi connectivity index (χ0) is 48.9. The van der Waals surface area contributed by atoms with E-state index in [-0.39, 0.29) is 61.3 Å². The van der Waals surface area contributed by atoms with Gasteiger partial charge in [-0.1, -0.05) is 38.1 Å². The predicted octanol–water partition coefficient (Wildman–Crippen LogP) is 7.06. The van der Waals surface area contributed by atoms with Crippen LogP contribution in [0.5, 0.6) is 11.5 Å². The molecular weight excluding hydrogens is 918 g/mol. The second kappa shape index (κ2) is 20.3. The number of nitrogens with one attached hydrogen (secondary N) is 1. The summed E-state index contributed by atoms with van der Waals surface area (Å²) in [5, 5.41) is 27.1. The van der Waals surface area contributed by atoms with Gasteiger partial charge in [0, 0.05) is 25.2 Å². The van der Waals surface area contributed by atoms with E-state index in [1.54, 1.807) is 61.2 Å². The van der Waals surface area contributed by atoms with Crippen LogP contribution in [0.15, 0.2) is 84.6 Å². The maximum Gasteiger partial charge on any atom is 0.417 e. The van der Waals surface area contributed by atoms with Gasteiger partial charge in [0.2, 0.25) is 11.8 Å². The molecule has 3 atom stereocenters. The molecule has 0 saturated carbocycles. The molecule has 0 spiro atoms. The smallest absolute Gasteiger partial charge is 0.417 e. The number of aromatic nitrogens is 3. The van der Waals surface area contributed by atoms with Crippen LogP contribution in [0.25, 0.3) is 10.4 Å². The zero-order valence-electron chi connectivity index (χ0n) is 37.5. The van der Waals surface area contributed by atoms with Crippen LogP contribution in [0.3, 0.4) is 0 Å². The molecule has 0 bridgehead atoms. The van der Waals surface area contributed by atoms with Gasteiger partial charge in [0.05, 0.1) is 57.5 Å². The second-order valence-electron chi connectivity index (χ2n) is 16.8. The topological polar surface area (TPSA) is 166 Å². The summed E-state index contributed by atoms with van der Waals surface area (Å²) in [4.78, 5) is 50.4. The number of amides is 3. The summed E-state index contributed by atoms with van der Waals surface area (Å²) in [6.07, 6.45) is -2.50. The highest BCUT2D eigenvalue weighted by atomic mass is 32.1. The fourth-order valence-electron chi connectivity index (χ4n) is 7.94. The molecule has 2 aliphatic rings. The van der Waals surface area contributed by atoms with E-state index >= 15 is 0 Å². The number of thiazole rings is 1. The van der Waals surface area contributed by atoms with Crippen molar-refractivity contribution in [3.8, 4) is 51.7 Å². The summed E-state index contributed by atoms with van der Waals surface area (Å²) in [7, 11) is 0. The molecule has 0 radical (unpaired) electrons. The Balaban J connectivity index is 0.890. The number of rotatable bonds is 13. The van der Waals surface area contributed by atoms with Crippen LogP contribution in [0.1, 0.15) is 62.5 Å². The number of hydrogen-bond acceptors (Lipinski definition) is 11. The minimum absolute atomic E-state index is 0.00887. The van der Waals surface area contributed by atoms with E-state index in [1.807, 2.05) is 45.0 Å². The molecule has 4 heterocycles. The van der Waals surface area contributed by atoms with Crippen molar-refractivity contribution in [2.45, 2.75) is 77.5 Å². The Bertz CT molecular complexity index is 2890. The third-order valence-corrected chi connectivity index (χ3v) is 12.7. The SMILES string of the molecule is Cc1ncsc1-c1ccc(CNC(=O)[C@@H]2C[C@@H](O)CN2C(=O)[C@@H](C(C)C)n2cc(OCC#CC#CCOc3ccc(N4C(=S)N(c5ccc(C#N)c(C(F)(F)F)c5)C(=O)C4(C)C)cc3)cn2)cc1. The van der Waals surface area contributed by atoms with Crippen molar-refractivity contribution in [3.63, 3.8) is 0 Å². The number of aliphatic hydroxyl groups is 1. The average molecular weight is 963 g/mol. The average Bonchev–Trinajstić information content (AvgIpc) is 4.09. The Morgan fingerprint density at radius 2 is 1.68 bits per heavy atom. The third-order valence-electron chi connectivity index (χ3n) is 11.4. The molecule has 350 valence electrons. The molecule has 2 aromatic heterocycles. The number of thiocarbonyl (C=S) groups is 1. The number of ether oxygens (including phenoxy) is 2. The Labute approximate surface area is 400 Å². The molecule has 2 saturated heterocycles. The van der Waals surface area contributed by atoms with E-state index in [4.69, 9.17) is 21.7 Å². The number of carbonyl (C=O) groups is 3. The number of nitriles is 1. The Hall–Kier alpha value is -7.24. The van der Waals surface area contributed by atoms with Crippen molar-refractivity contribution in [1.29, 1.82) is 5.26 Å². The number of aryl methyl sites for hydroxylation is 1. The number of likely N-dealkylation sites (tertiary alicyclic amines) is 1. The molecule has 19 heteroatoms. The summed E-state index contributed by atoms with van der Waals surface area (Å²) in [5.41, 5.74) is 2.10. The number of β-amino-alcohol motifs (C(OH)–C–C–N with tert-alkyl or cyclic N) is 1. The molecular formula is C49H45F3N8O6S2. The van der Waals surface area contributed by atoms with Crippen molar-refractivity contribution in [2.75, 3.05) is 29.6 Å². The Morgan fingerprint density at radius 3 is 2.29 bits per heavy atom. The lowest BCUT2D eigenvalue weighted by Crippen LogP contribution is -2.49. The molecule has 3 aromatic carbocycles. The summed E-state index contributed by atoms with van der Waals surface area (Å²) in [5.74, 6) is 10.3. The fourth-order valence-corrected chi connectivity index (χ4v) is 9.27. The van der Waals surface area contributed by atoms with Crippen molar-refractivity contribution in [2.24, 2.45) is 5.92 Å². The van der Waals surface area contributed by atoms with Crippen LogP contribution in [0, 0.1) is 47.9 Å². The predicted molar refractivity (Wildman–Crippen MR) is 252 cm³/mol. The van der Waals surface area contributed by atoms with Crippen LogP contribution in [0.4, 0.5) is 24.5 Å². The van der Waals surface area contributed by atoms with Gasteiger partial charge in [-0.15, -0.1) is 11.3 Å². The molecule has 68 heavy (non-hydrogen) atoms. The quantitative estimate of drug-likeness (QED) is 0.0917. The van der Waals surface area contributed by atoms with E-state index in [0.717, 1.165) is 38.7 Å². The monoisotopic (exact) mass is 962 g/mol. The Morgan fingerprint density at radius 1 is 1.01 bits per heavy atom. The van der Waals surface area contributed by atoms with E-state index in [9.17, 15) is 37.9 Å². The van der Waals surface area contributed by atoms with Gasteiger partial charge >= 0.3 is 6.18 Å². The number of halogens is 3. The molecule has 3 amide bonds. The van der Waals surface area contributed by atoms with Crippen LogP contribution in [-0.4, -0.2) is 85.0 Å². The van der Waals surface area contributed by atoms with Crippen molar-refractivity contribution in [1.82, 2.24) is 25.0 Å². The lowest BCUT2D eigenvalue weighted by atomic mass is 10.0. The van der Waals surface area contributed by atoms with Crippen molar-refractivity contribution in [3.05, 3.63) is 107 Å². The van der Waals surface area contributed by atoms with E-state index in [2.05, 4.69) is 39.1 Å². The number of hydrogen-bond donors (Lipinski definition) is 2. The number of carbonyl (C=O) groups excluding carboxylic acids is 3. The standard InChI is InChI=1S/C49H45F3N8O6S2/c1-30(2)42(45(63)57-27-37(61)23-41(57)44(62)54-25-32-10-12-33(13-11-32)43-31(3)55-29-68-43)58-28-39(26-56-58)66-21-9-7-6-8-20-65-38-18-16-35(17-19-38)60-47(67)59(46(64)48(60,4)5)36-15-14-34(24-53)40(22-36)49(50,51)52/h10-19,22,26,28-30,37,41-42,61H,20-21,23,25,27H2,1-5H3,(H,54,62)/t37-,41+,42-/m1/s1. The second-order valence-corrected chi connectivity index (χ2v) is 18.0. The Kier molecular flexibility index (Phi) is 14.6. The van der Waals surface area contributed by atoms with Gasteiger partial charge in [0.25, 0.3) is 5.91 Å². The maximum absolute atomic E-state index is 14.0. The molecule has 0 aliphatic carbocycles. The zero-order valence-corrected chi connectivity index (χ0v) is 39.1. The minimum atomic E-state index is -4.81. The molecule has 0 unspecified atom stereocenters. The first kappa shape index (κ1) is 48.7. The van der Waals surface area contributed by atoms with Crippen molar-refractivity contribution < 1.29 is 42.1 Å². The van der Waals surface area contributed by atoms with Crippen LogP contribution in [-0.2, 0) is 27.1 Å². The molecule has 14 nitrogen and oxygen atoms in total. The molecule has 2 fully saturated rings. The summed E-state index contributed by atoms with van der Waals surface area (Å²) in [6.45, 7) is 9.16. The van der Waals surface area contributed by atoms with Gasteiger partial charge in [-0.25, -0.2) is 4.98 Å². The number of aliphatic hydroxyl groups excluding tert-OH is 1. The highest BCUT2D eigenvalue weighted by Gasteiger charge is 2.51. The number of anilines is 2. The maximum atomic E-state index is 14.0. The van der Waals surface area contributed by atoms with Gasteiger partial charge in [0.1, 0.15) is 36.6 Å². The largest absolute Gasteiger partial charge is 0.481 e. The molecule has 5 aromatic rings. The van der Waals surface area contributed by atoms with Gasteiger partial charge in [-0.2, -0.15) is 23.5 Å². The van der Waals surface area contributed by atoms with Crippen LogP contribution >= 0.6 is 23.6 Å². The highest BCUT2D eigenvalue weighted by molar-refractivity contribution is 7.81. The highest BCUT2D eigenvalue weighted by Crippen LogP contribution is 2.40. The van der Waals surface area contributed by atoms with Gasteiger partial charge in [-0.3, -0.25) is 24.0 Å². The lowest BCUT2D eigenvalue weighted by Gasteiger charge is -2.30. The summed E-state index contributed by atoms with van der Waals surface area (Å²) in [6, 6.07) is 17.4. The van der Waals surface area contributed by atoms with Crippen LogP contribution in [0.2, 0.25) is 0 Å². The summed E-state index contributed by atoms with van der Waals surface area (Å²) >= 11 is 7.17. The first-order valence-electron chi connectivity index (χ1n) is 21.3. The number of benzene rings is 3. The molecule has 2 N–H and O–H groups in total. The first-order chi connectivity index (χ1) is 32.4. The van der Waals surface area contributed by atoms with Crippen LogP contribution < -0.4 is 24.6 Å². The minimum Gasteiger partial charge on any atom is -0.481 e.